The highest BCUT2D eigenvalue weighted by Gasteiger charge is 2.40. The molecule has 0 saturated carbocycles. The molecule has 0 spiro atoms. The van der Waals surface area contributed by atoms with Gasteiger partial charge >= 0.3 is 0 Å². The van der Waals surface area contributed by atoms with Crippen LogP contribution in [0.2, 0.25) is 0 Å². The largest absolute Gasteiger partial charge is 0.375 e. The van der Waals surface area contributed by atoms with E-state index in [1.807, 2.05) is 30.3 Å². The maximum Gasteiger partial charge on any atom is 0.238 e. The normalized spacial score (nSPS) is 23.9. The molecule has 2 rings (SSSR count). The molecule has 1 aromatic carbocycles. The Hall–Kier alpha value is -1.44. The maximum absolute atomic E-state index is 12.5. The van der Waals surface area contributed by atoms with Crippen LogP contribution in [0.5, 0.6) is 0 Å². The summed E-state index contributed by atoms with van der Waals surface area (Å²) in [7, 11) is -3.56. The van der Waals surface area contributed by atoms with E-state index in [-0.39, 0.29) is 18.9 Å². The van der Waals surface area contributed by atoms with Gasteiger partial charge in [0, 0.05) is 6.54 Å². The first-order valence-corrected chi connectivity index (χ1v) is 8.47. The second-order valence-electron chi connectivity index (χ2n) is 5.09. The van der Waals surface area contributed by atoms with Gasteiger partial charge in [-0.15, -0.1) is 0 Å². The number of hydrogen-bond acceptors (Lipinski definition) is 4. The predicted octanol–water partition coefficient (Wildman–Crippen LogP) is 0.134. The van der Waals surface area contributed by atoms with Crippen molar-refractivity contribution in [2.24, 2.45) is 5.73 Å². The van der Waals surface area contributed by atoms with Gasteiger partial charge in [-0.2, -0.15) is 4.31 Å². The molecule has 2 N–H and O–H groups in total. The number of rotatable bonds is 5. The van der Waals surface area contributed by atoms with Crippen molar-refractivity contribution in [3.8, 4) is 0 Å². The number of hydrogen-bond donors (Lipinski definition) is 1. The number of morpholine rings is 1. The number of sulfonamides is 1. The quantitative estimate of drug-likeness (QED) is 0.837. The second-order valence-corrected chi connectivity index (χ2v) is 7.13. The molecule has 7 heteroatoms. The molecular formula is C14H20N2O4S. The molecule has 2 atom stereocenters. The van der Waals surface area contributed by atoms with Crippen LogP contribution in [0.15, 0.2) is 30.3 Å². The molecule has 1 saturated heterocycles. The lowest BCUT2D eigenvalue weighted by Crippen LogP contribution is -2.58. The zero-order valence-electron chi connectivity index (χ0n) is 11.9. The summed E-state index contributed by atoms with van der Waals surface area (Å²) in [4.78, 5) is 11.5. The van der Waals surface area contributed by atoms with Crippen molar-refractivity contribution in [2.75, 3.05) is 18.9 Å². The van der Waals surface area contributed by atoms with E-state index in [2.05, 4.69) is 0 Å². The van der Waals surface area contributed by atoms with Gasteiger partial charge in [-0.1, -0.05) is 30.3 Å². The Balaban J connectivity index is 2.12. The fraction of sp³-hybridized carbons (Fsp3) is 0.500. The highest BCUT2D eigenvalue weighted by atomic mass is 32.2. The van der Waals surface area contributed by atoms with E-state index >= 15 is 0 Å². The summed E-state index contributed by atoms with van der Waals surface area (Å²) >= 11 is 0. The number of amides is 1. The molecule has 1 heterocycles. The van der Waals surface area contributed by atoms with Crippen LogP contribution in [0.4, 0.5) is 0 Å². The first kappa shape index (κ1) is 15.9. The summed E-state index contributed by atoms with van der Waals surface area (Å²) in [6.45, 7) is 2.10. The Labute approximate surface area is 124 Å². The first-order valence-electron chi connectivity index (χ1n) is 6.86. The van der Waals surface area contributed by atoms with Gasteiger partial charge in [0.2, 0.25) is 15.9 Å². The zero-order valence-corrected chi connectivity index (χ0v) is 12.8. The van der Waals surface area contributed by atoms with Gasteiger partial charge < -0.3 is 10.5 Å². The van der Waals surface area contributed by atoms with Crippen LogP contribution in [0.3, 0.4) is 0 Å². The number of nitrogens with zero attached hydrogens (tertiary/aromatic N) is 1. The van der Waals surface area contributed by atoms with Gasteiger partial charge in [0.05, 0.1) is 18.5 Å². The Morgan fingerprint density at radius 3 is 2.67 bits per heavy atom. The summed E-state index contributed by atoms with van der Waals surface area (Å²) in [6, 6.07) is 8.44. The fourth-order valence-corrected chi connectivity index (χ4v) is 4.19. The Bertz CT molecular complexity index is 588. The van der Waals surface area contributed by atoms with Crippen LogP contribution in [0.25, 0.3) is 0 Å². The summed E-state index contributed by atoms with van der Waals surface area (Å²) in [5, 5.41) is 0. The molecule has 1 aromatic rings. The Morgan fingerprint density at radius 2 is 2.05 bits per heavy atom. The standard InChI is InChI=1S/C14H20N2O4S/c1-11-13(14(15)17)16(8-9-20-11)21(18,19)10-7-12-5-3-2-4-6-12/h2-6,11,13H,7-10H2,1H3,(H2,15,17)/t11-,13+/m1/s1. The van der Waals surface area contributed by atoms with Crippen molar-refractivity contribution in [3.05, 3.63) is 35.9 Å². The summed E-state index contributed by atoms with van der Waals surface area (Å²) in [6.07, 6.45) is -0.122. The van der Waals surface area contributed by atoms with Crippen LogP contribution in [0.1, 0.15) is 12.5 Å². The van der Waals surface area contributed by atoms with Crippen LogP contribution < -0.4 is 5.73 Å². The van der Waals surface area contributed by atoms with E-state index in [1.165, 1.54) is 4.31 Å². The van der Waals surface area contributed by atoms with Gasteiger partial charge in [0.25, 0.3) is 0 Å². The van der Waals surface area contributed by atoms with Crippen molar-refractivity contribution >= 4 is 15.9 Å². The average Bonchev–Trinajstić information content (AvgIpc) is 2.46. The molecule has 116 valence electrons. The second kappa shape index (κ2) is 6.55. The monoisotopic (exact) mass is 312 g/mol. The van der Waals surface area contributed by atoms with Gasteiger partial charge in [-0.25, -0.2) is 8.42 Å². The van der Waals surface area contributed by atoms with E-state index in [9.17, 15) is 13.2 Å². The molecule has 1 aliphatic heterocycles. The van der Waals surface area contributed by atoms with E-state index in [0.717, 1.165) is 5.56 Å². The van der Waals surface area contributed by atoms with Crippen molar-refractivity contribution in [1.29, 1.82) is 0 Å². The van der Waals surface area contributed by atoms with Gasteiger partial charge in [0.1, 0.15) is 6.04 Å². The third kappa shape index (κ3) is 3.81. The lowest BCUT2D eigenvalue weighted by molar-refractivity contribution is -0.130. The minimum atomic E-state index is -3.56. The van der Waals surface area contributed by atoms with Crippen LogP contribution >= 0.6 is 0 Å². The minimum absolute atomic E-state index is 0.0481. The third-order valence-electron chi connectivity index (χ3n) is 3.59. The van der Waals surface area contributed by atoms with Crippen molar-refractivity contribution in [2.45, 2.75) is 25.5 Å². The molecule has 0 unspecified atom stereocenters. The summed E-state index contributed by atoms with van der Waals surface area (Å²) in [5.41, 5.74) is 6.27. The van der Waals surface area contributed by atoms with Gasteiger partial charge in [-0.05, 0) is 18.9 Å². The number of ether oxygens (including phenoxy) is 1. The van der Waals surface area contributed by atoms with E-state index < -0.39 is 28.1 Å². The molecule has 0 aromatic heterocycles. The SMILES string of the molecule is C[C@H]1OCCN(S(=O)(=O)CCc2ccccc2)[C@@H]1C(N)=O. The van der Waals surface area contributed by atoms with Crippen LogP contribution in [-0.2, 0) is 26.0 Å². The van der Waals surface area contributed by atoms with Crippen molar-refractivity contribution in [3.63, 3.8) is 0 Å². The topological polar surface area (TPSA) is 89.7 Å². The lowest BCUT2D eigenvalue weighted by atomic mass is 10.1. The van der Waals surface area contributed by atoms with Crippen LogP contribution in [-0.4, -0.2) is 49.7 Å². The third-order valence-corrected chi connectivity index (χ3v) is 5.43. The summed E-state index contributed by atoms with van der Waals surface area (Å²) in [5.74, 6) is -0.724. The number of carbonyl (C=O) groups is 1. The van der Waals surface area contributed by atoms with Crippen LogP contribution in [0, 0.1) is 0 Å². The molecule has 1 amide bonds. The zero-order chi connectivity index (χ0) is 15.5. The molecule has 21 heavy (non-hydrogen) atoms. The minimum Gasteiger partial charge on any atom is -0.375 e. The first-order chi connectivity index (χ1) is 9.92. The number of primary amides is 1. The van der Waals surface area contributed by atoms with Gasteiger partial charge in [0.15, 0.2) is 0 Å². The highest BCUT2D eigenvalue weighted by molar-refractivity contribution is 7.89. The molecule has 1 aliphatic rings. The number of nitrogens with two attached hydrogens (primary N) is 1. The number of aryl methyl sites for hydroxylation is 1. The highest BCUT2D eigenvalue weighted by Crippen LogP contribution is 2.19. The molecule has 6 nitrogen and oxygen atoms in total. The number of benzene rings is 1. The molecule has 0 radical (unpaired) electrons. The van der Waals surface area contributed by atoms with E-state index in [0.29, 0.717) is 6.42 Å². The Kier molecular flexibility index (Phi) is 4.97. The molecule has 1 fully saturated rings. The predicted molar refractivity (Wildman–Crippen MR) is 79.0 cm³/mol. The lowest BCUT2D eigenvalue weighted by Gasteiger charge is -2.36. The van der Waals surface area contributed by atoms with Gasteiger partial charge in [-0.3, -0.25) is 4.79 Å². The van der Waals surface area contributed by atoms with E-state index in [1.54, 1.807) is 6.92 Å². The molecular weight excluding hydrogens is 292 g/mol. The maximum atomic E-state index is 12.5. The van der Waals surface area contributed by atoms with Crippen molar-refractivity contribution in [1.82, 2.24) is 4.31 Å². The fourth-order valence-electron chi connectivity index (χ4n) is 2.49. The number of carbonyl (C=O) groups excluding carboxylic acids is 1. The average molecular weight is 312 g/mol. The Morgan fingerprint density at radius 1 is 1.38 bits per heavy atom. The van der Waals surface area contributed by atoms with E-state index in [4.69, 9.17) is 10.5 Å². The molecule has 0 bridgehead atoms. The van der Waals surface area contributed by atoms with Crippen molar-refractivity contribution < 1.29 is 17.9 Å². The summed E-state index contributed by atoms with van der Waals surface area (Å²) < 4.78 is 31.5. The smallest absolute Gasteiger partial charge is 0.238 e. The molecule has 0 aliphatic carbocycles.